The van der Waals surface area contributed by atoms with Gasteiger partial charge in [-0.2, -0.15) is 0 Å². The van der Waals surface area contributed by atoms with Crippen LogP contribution in [0.5, 0.6) is 5.75 Å². The number of aromatic hydroxyl groups is 1. The zero-order valence-corrected chi connectivity index (χ0v) is 31.5. The van der Waals surface area contributed by atoms with Gasteiger partial charge in [0.2, 0.25) is 35.4 Å². The number of benzene rings is 1. The van der Waals surface area contributed by atoms with Crippen molar-refractivity contribution in [1.29, 1.82) is 0 Å². The monoisotopic (exact) mass is 776 g/mol. The van der Waals surface area contributed by atoms with Crippen molar-refractivity contribution in [3.8, 4) is 5.75 Å². The third-order valence-corrected chi connectivity index (χ3v) is 8.87. The van der Waals surface area contributed by atoms with E-state index in [9.17, 15) is 53.7 Å². The number of hydrogen-bond acceptors (Lipinski definition) is 11. The summed E-state index contributed by atoms with van der Waals surface area (Å²) in [5.41, 5.74) is 11.6. The molecule has 1 aromatic rings. The number of nitrogens with two attached hydrogens (primary N) is 2. The zero-order valence-electron chi connectivity index (χ0n) is 31.5. The molecule has 0 aromatic heterocycles. The van der Waals surface area contributed by atoms with Gasteiger partial charge in [0, 0.05) is 19.4 Å². The summed E-state index contributed by atoms with van der Waals surface area (Å²) in [7, 11) is 0. The second kappa shape index (κ2) is 22.8. The fraction of sp³-hybridized carbons (Fsp3) is 0.611. The molecule has 19 heteroatoms. The van der Waals surface area contributed by atoms with Crippen LogP contribution in [0.4, 0.5) is 0 Å². The molecule has 1 aliphatic heterocycles. The standard InChI is InChI=1S/C36H56N8O11/c1-20(2)17-26(40-29(46)19-39-31(49)21(3)38)35(53)44-16-6-8-28(44)34(52)42-25(13-14-30(47)48)33(51)41-24(7-4-5-15-37)32(50)43-27(36(54)55)18-22-9-11-23(45)12-10-22/h9-12,20-21,24-28,45H,4-8,13-19,37-38H2,1-3H3,(H,39,49)(H,40,46)(H,41,51)(H,42,52)(H,43,50)(H,47,48)(H,54,55)/t21-,24+,25+,26-,27-,28+/m0/s1. The number of rotatable bonds is 23. The molecular formula is C36H56N8O11. The third kappa shape index (κ3) is 15.9. The maximum Gasteiger partial charge on any atom is 0.326 e. The summed E-state index contributed by atoms with van der Waals surface area (Å²) >= 11 is 0. The number of likely N-dealkylation sites (tertiary alicyclic amines) is 1. The minimum Gasteiger partial charge on any atom is -0.508 e. The Hall–Kier alpha value is -5.30. The van der Waals surface area contributed by atoms with Crippen LogP contribution in [-0.2, 0) is 44.8 Å². The molecule has 0 saturated carbocycles. The van der Waals surface area contributed by atoms with Crippen molar-refractivity contribution in [3.63, 3.8) is 0 Å². The third-order valence-electron chi connectivity index (χ3n) is 8.87. The highest BCUT2D eigenvalue weighted by Crippen LogP contribution is 2.21. The van der Waals surface area contributed by atoms with Gasteiger partial charge in [-0.3, -0.25) is 33.6 Å². The number of amides is 6. The Labute approximate surface area is 319 Å². The largest absolute Gasteiger partial charge is 0.508 e. The van der Waals surface area contributed by atoms with Gasteiger partial charge in [-0.05, 0) is 82.0 Å². The van der Waals surface area contributed by atoms with Crippen molar-refractivity contribution in [2.24, 2.45) is 17.4 Å². The normalized spacial score (nSPS) is 16.5. The molecule has 0 spiro atoms. The highest BCUT2D eigenvalue weighted by atomic mass is 16.4. The van der Waals surface area contributed by atoms with Crippen molar-refractivity contribution in [1.82, 2.24) is 31.5 Å². The van der Waals surface area contributed by atoms with E-state index >= 15 is 0 Å². The van der Waals surface area contributed by atoms with Crippen LogP contribution in [0, 0.1) is 5.92 Å². The molecule has 6 atom stereocenters. The molecule has 0 radical (unpaired) electrons. The predicted octanol–water partition coefficient (Wildman–Crippen LogP) is -1.55. The minimum atomic E-state index is -1.46. The van der Waals surface area contributed by atoms with E-state index < -0.39 is 96.6 Å². The van der Waals surface area contributed by atoms with Crippen molar-refractivity contribution in [2.75, 3.05) is 19.6 Å². The number of carboxylic acids is 2. The van der Waals surface area contributed by atoms with Crippen LogP contribution in [-0.4, -0.2) is 123 Å². The number of phenols is 1. The average Bonchev–Trinajstić information content (AvgIpc) is 3.61. The lowest BCUT2D eigenvalue weighted by atomic mass is 10.0. The molecule has 1 saturated heterocycles. The molecule has 0 unspecified atom stereocenters. The van der Waals surface area contributed by atoms with Crippen molar-refractivity contribution in [2.45, 2.75) is 115 Å². The first kappa shape index (κ1) is 45.9. The molecule has 306 valence electrons. The number of phenolic OH excluding ortho intramolecular Hbond substituents is 1. The Morgan fingerprint density at radius 3 is 2.00 bits per heavy atom. The van der Waals surface area contributed by atoms with Gasteiger partial charge >= 0.3 is 11.9 Å². The first-order valence-electron chi connectivity index (χ1n) is 18.4. The smallest absolute Gasteiger partial charge is 0.326 e. The molecule has 1 aliphatic rings. The number of nitrogens with zero attached hydrogens (tertiary/aromatic N) is 1. The van der Waals surface area contributed by atoms with Crippen LogP contribution in [0.1, 0.15) is 77.7 Å². The van der Waals surface area contributed by atoms with Crippen LogP contribution in [0.3, 0.4) is 0 Å². The topological polar surface area (TPSA) is 313 Å². The molecule has 0 bridgehead atoms. The molecule has 1 fully saturated rings. The number of hydrogen-bond donors (Lipinski definition) is 10. The van der Waals surface area contributed by atoms with Gasteiger partial charge in [0.05, 0.1) is 12.6 Å². The lowest BCUT2D eigenvalue weighted by Crippen LogP contribution is -2.59. The van der Waals surface area contributed by atoms with Gasteiger partial charge in [0.1, 0.15) is 36.0 Å². The van der Waals surface area contributed by atoms with Gasteiger partial charge in [-0.25, -0.2) is 4.79 Å². The Morgan fingerprint density at radius 1 is 0.818 bits per heavy atom. The zero-order chi connectivity index (χ0) is 41.2. The number of nitrogens with one attached hydrogen (secondary N) is 5. The molecule has 0 aliphatic carbocycles. The lowest BCUT2D eigenvalue weighted by Gasteiger charge is -2.31. The molecule has 12 N–H and O–H groups in total. The summed E-state index contributed by atoms with van der Waals surface area (Å²) in [4.78, 5) is 104. The Bertz CT molecular complexity index is 1500. The molecular weight excluding hydrogens is 720 g/mol. The van der Waals surface area contributed by atoms with Gasteiger partial charge in [-0.1, -0.05) is 26.0 Å². The Balaban J connectivity index is 2.24. The SMILES string of the molecule is CC(C)C[C@H](NC(=O)CNC(=O)[C@H](C)N)C(=O)N1CCC[C@@H]1C(=O)N[C@H](CCC(=O)O)C(=O)N[C@H](CCCCN)C(=O)N[C@@H](Cc1ccc(O)cc1)C(=O)O. The molecule has 19 nitrogen and oxygen atoms in total. The highest BCUT2D eigenvalue weighted by molar-refractivity contribution is 5.97. The number of carbonyl (C=O) groups excluding carboxylic acids is 6. The molecule has 2 rings (SSSR count). The van der Waals surface area contributed by atoms with Gasteiger partial charge in [0.15, 0.2) is 0 Å². The van der Waals surface area contributed by atoms with E-state index in [1.165, 1.54) is 36.1 Å². The molecule has 55 heavy (non-hydrogen) atoms. The Kier molecular flexibility index (Phi) is 19.0. The van der Waals surface area contributed by atoms with E-state index in [1.54, 1.807) is 0 Å². The van der Waals surface area contributed by atoms with Crippen LogP contribution in [0.25, 0.3) is 0 Å². The second-order valence-corrected chi connectivity index (χ2v) is 14.1. The number of aliphatic carboxylic acids is 2. The number of unbranched alkanes of at least 4 members (excludes halogenated alkanes) is 1. The van der Waals surface area contributed by atoms with E-state index in [0.717, 1.165) is 0 Å². The summed E-state index contributed by atoms with van der Waals surface area (Å²) in [6.07, 6.45) is 0.676. The van der Waals surface area contributed by atoms with Gasteiger partial charge in [0.25, 0.3) is 0 Å². The predicted molar refractivity (Wildman–Crippen MR) is 198 cm³/mol. The maximum absolute atomic E-state index is 13.8. The van der Waals surface area contributed by atoms with Crippen LogP contribution in [0.2, 0.25) is 0 Å². The maximum atomic E-state index is 13.8. The molecule has 1 heterocycles. The van der Waals surface area contributed by atoms with E-state index in [1.807, 2.05) is 13.8 Å². The first-order chi connectivity index (χ1) is 25.9. The van der Waals surface area contributed by atoms with E-state index in [2.05, 4.69) is 26.6 Å². The summed E-state index contributed by atoms with van der Waals surface area (Å²) < 4.78 is 0. The van der Waals surface area contributed by atoms with Crippen LogP contribution in [0.15, 0.2) is 24.3 Å². The number of carboxylic acid groups (broad SMARTS) is 2. The molecule has 6 amide bonds. The van der Waals surface area contributed by atoms with Crippen molar-refractivity contribution in [3.05, 3.63) is 29.8 Å². The second-order valence-electron chi connectivity index (χ2n) is 14.1. The highest BCUT2D eigenvalue weighted by Gasteiger charge is 2.39. The minimum absolute atomic E-state index is 0.0279. The fourth-order valence-corrected chi connectivity index (χ4v) is 5.95. The van der Waals surface area contributed by atoms with E-state index in [0.29, 0.717) is 24.8 Å². The number of carbonyl (C=O) groups is 8. The van der Waals surface area contributed by atoms with E-state index in [-0.39, 0.29) is 56.9 Å². The summed E-state index contributed by atoms with van der Waals surface area (Å²) in [5.74, 6) is -6.92. The van der Waals surface area contributed by atoms with Crippen LogP contribution < -0.4 is 38.1 Å². The lowest BCUT2D eigenvalue weighted by molar-refractivity contribution is -0.143. The van der Waals surface area contributed by atoms with Gasteiger partial charge < -0.3 is 58.3 Å². The quantitative estimate of drug-likeness (QED) is 0.0564. The Morgan fingerprint density at radius 2 is 1.44 bits per heavy atom. The summed E-state index contributed by atoms with van der Waals surface area (Å²) in [6, 6.07) is -1.38. The summed E-state index contributed by atoms with van der Waals surface area (Å²) in [5, 5.41) is 41.3. The molecule has 1 aromatic carbocycles. The fourth-order valence-electron chi connectivity index (χ4n) is 5.95. The first-order valence-corrected chi connectivity index (χ1v) is 18.4. The van der Waals surface area contributed by atoms with E-state index in [4.69, 9.17) is 11.5 Å². The van der Waals surface area contributed by atoms with Gasteiger partial charge in [-0.15, -0.1) is 0 Å². The summed E-state index contributed by atoms with van der Waals surface area (Å²) in [6.45, 7) is 5.14. The van der Waals surface area contributed by atoms with Crippen LogP contribution >= 0.6 is 0 Å². The van der Waals surface area contributed by atoms with Crippen molar-refractivity contribution < 1.29 is 53.7 Å². The van der Waals surface area contributed by atoms with Crippen molar-refractivity contribution >= 4 is 47.4 Å². The average molecular weight is 777 g/mol.